The number of benzene rings is 2. The summed E-state index contributed by atoms with van der Waals surface area (Å²) in [7, 11) is -3.65. The Morgan fingerprint density at radius 3 is 2.34 bits per heavy atom. The van der Waals surface area contributed by atoms with Crippen molar-refractivity contribution in [2.24, 2.45) is 0 Å². The molecule has 1 aliphatic rings. The van der Waals surface area contributed by atoms with Gasteiger partial charge in [0, 0.05) is 13.1 Å². The quantitative estimate of drug-likeness (QED) is 0.695. The number of hydrogen-bond acceptors (Lipinski definition) is 4. The summed E-state index contributed by atoms with van der Waals surface area (Å²) in [6.07, 6.45) is 2.31. The topological polar surface area (TPSA) is 66.9 Å². The molecule has 1 amide bonds. The van der Waals surface area contributed by atoms with Crippen molar-refractivity contribution in [3.8, 4) is 5.75 Å². The lowest BCUT2D eigenvalue weighted by Crippen LogP contribution is -2.51. The van der Waals surface area contributed by atoms with Gasteiger partial charge in [-0.05, 0) is 55.2 Å². The van der Waals surface area contributed by atoms with Gasteiger partial charge in [0.05, 0.1) is 18.6 Å². The van der Waals surface area contributed by atoms with Crippen LogP contribution in [0, 0.1) is 0 Å². The van der Waals surface area contributed by atoms with Crippen LogP contribution < -0.4 is 9.04 Å². The van der Waals surface area contributed by atoms with Crippen molar-refractivity contribution in [2.75, 3.05) is 23.7 Å². The molecule has 1 atom stereocenters. The van der Waals surface area contributed by atoms with Crippen molar-refractivity contribution in [2.45, 2.75) is 39.3 Å². The summed E-state index contributed by atoms with van der Waals surface area (Å²) in [6.45, 7) is 5.35. The third kappa shape index (κ3) is 4.72. The van der Waals surface area contributed by atoms with E-state index in [1.54, 1.807) is 29.2 Å². The number of sulfonamides is 1. The zero-order valence-electron chi connectivity index (χ0n) is 17.2. The molecule has 1 aliphatic heterocycles. The molecule has 0 aromatic heterocycles. The number of hydrogen-bond donors (Lipinski definition) is 0. The lowest BCUT2D eigenvalue weighted by molar-refractivity contribution is -0.133. The molecule has 0 N–H and O–H groups in total. The number of nitrogens with zero attached hydrogens (tertiary/aromatic N) is 2. The van der Waals surface area contributed by atoms with Gasteiger partial charge in [-0.2, -0.15) is 0 Å². The van der Waals surface area contributed by atoms with E-state index < -0.39 is 16.1 Å². The lowest BCUT2D eigenvalue weighted by Gasteiger charge is -2.36. The predicted molar refractivity (Wildman–Crippen MR) is 115 cm³/mol. The zero-order chi connectivity index (χ0) is 21.0. The van der Waals surface area contributed by atoms with Crippen LogP contribution in [0.4, 0.5) is 5.69 Å². The molecule has 0 saturated carbocycles. The van der Waals surface area contributed by atoms with Crippen LogP contribution >= 0.6 is 0 Å². The fraction of sp³-hybridized carbons (Fsp3) is 0.409. The summed E-state index contributed by atoms with van der Waals surface area (Å²) < 4.78 is 32.0. The van der Waals surface area contributed by atoms with Gasteiger partial charge in [0.1, 0.15) is 11.8 Å². The summed E-state index contributed by atoms with van der Waals surface area (Å²) in [5.41, 5.74) is 2.83. The minimum Gasteiger partial charge on any atom is -0.494 e. The first-order valence-corrected chi connectivity index (χ1v) is 11.8. The molecule has 0 aliphatic carbocycles. The average Bonchev–Trinajstić information content (AvgIpc) is 2.71. The van der Waals surface area contributed by atoms with E-state index in [1.165, 1.54) is 9.87 Å². The average molecular weight is 417 g/mol. The predicted octanol–water partition coefficient (Wildman–Crippen LogP) is 3.21. The van der Waals surface area contributed by atoms with Gasteiger partial charge < -0.3 is 9.64 Å². The molecule has 0 bridgehead atoms. The summed E-state index contributed by atoms with van der Waals surface area (Å²) >= 11 is 0. The molecule has 0 saturated heterocycles. The number of ether oxygens (including phenoxy) is 1. The highest BCUT2D eigenvalue weighted by Crippen LogP contribution is 2.27. The van der Waals surface area contributed by atoms with Crippen LogP contribution in [0.25, 0.3) is 0 Å². The zero-order valence-corrected chi connectivity index (χ0v) is 18.0. The van der Waals surface area contributed by atoms with Crippen LogP contribution in [0.1, 0.15) is 31.4 Å². The van der Waals surface area contributed by atoms with Crippen LogP contribution in [0.15, 0.2) is 48.5 Å². The van der Waals surface area contributed by atoms with E-state index in [2.05, 4.69) is 6.07 Å². The van der Waals surface area contributed by atoms with Gasteiger partial charge >= 0.3 is 0 Å². The second-order valence-corrected chi connectivity index (χ2v) is 9.05. The summed E-state index contributed by atoms with van der Waals surface area (Å²) in [5.74, 6) is 0.498. The Balaban J connectivity index is 1.89. The third-order valence-electron chi connectivity index (χ3n) is 5.16. The van der Waals surface area contributed by atoms with Crippen LogP contribution in [0.5, 0.6) is 5.75 Å². The second-order valence-electron chi connectivity index (χ2n) is 7.19. The van der Waals surface area contributed by atoms with Crippen molar-refractivity contribution in [3.63, 3.8) is 0 Å². The number of anilines is 1. The number of carbonyl (C=O) groups is 1. The highest BCUT2D eigenvalue weighted by Gasteiger charge is 2.35. The van der Waals surface area contributed by atoms with Crippen LogP contribution in [-0.4, -0.2) is 44.7 Å². The van der Waals surface area contributed by atoms with Crippen molar-refractivity contribution in [1.29, 1.82) is 0 Å². The summed E-state index contributed by atoms with van der Waals surface area (Å²) in [5, 5.41) is 0. The monoisotopic (exact) mass is 416 g/mol. The maximum Gasteiger partial charge on any atom is 0.246 e. The highest BCUT2D eigenvalue weighted by atomic mass is 32.2. The van der Waals surface area contributed by atoms with E-state index in [9.17, 15) is 13.2 Å². The first-order chi connectivity index (χ1) is 13.8. The minimum atomic E-state index is -3.65. The van der Waals surface area contributed by atoms with Gasteiger partial charge in [-0.25, -0.2) is 8.42 Å². The Kier molecular flexibility index (Phi) is 6.47. The van der Waals surface area contributed by atoms with Gasteiger partial charge in [0.2, 0.25) is 15.9 Å². The minimum absolute atomic E-state index is 0.165. The smallest absolute Gasteiger partial charge is 0.246 e. The standard InChI is InChI=1S/C22H28N2O4S/c1-4-21(22(25)23-15-14-17-8-6-7-9-18(17)16-23)24(29(3,26)27)19-10-12-20(13-11-19)28-5-2/h6-13,21H,4-5,14-16H2,1-3H3/t21-/m1/s1. The van der Waals surface area contributed by atoms with E-state index in [0.29, 0.717) is 37.6 Å². The van der Waals surface area contributed by atoms with Gasteiger partial charge in [-0.3, -0.25) is 9.10 Å². The second kappa shape index (κ2) is 8.86. The molecule has 0 spiro atoms. The van der Waals surface area contributed by atoms with Gasteiger partial charge in [-0.15, -0.1) is 0 Å². The van der Waals surface area contributed by atoms with Crippen LogP contribution in [0.3, 0.4) is 0 Å². The summed E-state index contributed by atoms with van der Waals surface area (Å²) in [4.78, 5) is 15.1. The Labute approximate surface area is 173 Å². The van der Waals surface area contributed by atoms with Crippen molar-refractivity contribution < 1.29 is 17.9 Å². The Hall–Kier alpha value is -2.54. The molecule has 1 heterocycles. The molecule has 3 rings (SSSR count). The molecule has 6 nitrogen and oxygen atoms in total. The number of amides is 1. The number of rotatable bonds is 7. The first-order valence-electron chi connectivity index (χ1n) is 9.93. The molecule has 7 heteroatoms. The van der Waals surface area contributed by atoms with Crippen LogP contribution in [-0.2, 0) is 27.8 Å². The largest absolute Gasteiger partial charge is 0.494 e. The van der Waals surface area contributed by atoms with Gasteiger partial charge in [-0.1, -0.05) is 31.2 Å². The SMILES string of the molecule is CCOc1ccc(N([C@H](CC)C(=O)N2CCc3ccccc3C2)S(C)(=O)=O)cc1. The van der Waals surface area contributed by atoms with Crippen molar-refractivity contribution in [3.05, 3.63) is 59.7 Å². The number of fused-ring (bicyclic) bond motifs is 1. The molecule has 0 radical (unpaired) electrons. The summed E-state index contributed by atoms with van der Waals surface area (Å²) in [6, 6.07) is 14.1. The van der Waals surface area contributed by atoms with Crippen molar-refractivity contribution >= 4 is 21.6 Å². The molecule has 2 aromatic rings. The maximum atomic E-state index is 13.4. The van der Waals surface area contributed by atoms with Gasteiger partial charge in [0.25, 0.3) is 0 Å². The molecule has 29 heavy (non-hydrogen) atoms. The molecule has 0 fully saturated rings. The molecular weight excluding hydrogens is 388 g/mol. The third-order valence-corrected chi connectivity index (χ3v) is 6.34. The van der Waals surface area contributed by atoms with E-state index >= 15 is 0 Å². The fourth-order valence-electron chi connectivity index (χ4n) is 3.79. The molecule has 2 aromatic carbocycles. The lowest BCUT2D eigenvalue weighted by atomic mass is 9.99. The normalized spacial score (nSPS) is 14.8. The van der Waals surface area contributed by atoms with Crippen molar-refractivity contribution in [1.82, 2.24) is 4.90 Å². The molecule has 156 valence electrons. The van der Waals surface area contributed by atoms with E-state index in [-0.39, 0.29) is 5.91 Å². The van der Waals surface area contributed by atoms with Crippen LogP contribution in [0.2, 0.25) is 0 Å². The Morgan fingerprint density at radius 1 is 1.10 bits per heavy atom. The number of carbonyl (C=O) groups excluding carboxylic acids is 1. The first kappa shape index (κ1) is 21.2. The Bertz CT molecular complexity index is 957. The van der Waals surface area contributed by atoms with E-state index in [4.69, 9.17) is 4.74 Å². The van der Waals surface area contributed by atoms with E-state index in [1.807, 2.05) is 32.0 Å². The molecule has 0 unspecified atom stereocenters. The fourth-order valence-corrected chi connectivity index (χ4v) is 5.00. The van der Waals surface area contributed by atoms with E-state index in [0.717, 1.165) is 18.2 Å². The maximum absolute atomic E-state index is 13.4. The highest BCUT2D eigenvalue weighted by molar-refractivity contribution is 7.92. The Morgan fingerprint density at radius 2 is 1.76 bits per heavy atom. The molecular formula is C22H28N2O4S. The van der Waals surface area contributed by atoms with Gasteiger partial charge in [0.15, 0.2) is 0 Å².